The zero-order valence-corrected chi connectivity index (χ0v) is 16.3. The van der Waals surface area contributed by atoms with E-state index in [1.165, 1.54) is 24.3 Å². The van der Waals surface area contributed by atoms with Crippen molar-refractivity contribution in [2.24, 2.45) is 11.8 Å². The van der Waals surface area contributed by atoms with Crippen molar-refractivity contribution in [1.82, 2.24) is 15.1 Å². The van der Waals surface area contributed by atoms with E-state index >= 15 is 0 Å². The van der Waals surface area contributed by atoms with Crippen LogP contribution in [0.4, 0.5) is 4.39 Å². The van der Waals surface area contributed by atoms with Gasteiger partial charge in [-0.25, -0.2) is 4.39 Å². The molecule has 2 saturated heterocycles. The van der Waals surface area contributed by atoms with Gasteiger partial charge in [-0.2, -0.15) is 0 Å². The lowest BCUT2D eigenvalue weighted by Gasteiger charge is -2.36. The average molecular weight is 389 g/mol. The third-order valence-electron chi connectivity index (χ3n) is 5.80. The molecule has 0 atom stereocenters. The van der Waals surface area contributed by atoms with E-state index < -0.39 is 11.7 Å². The van der Waals surface area contributed by atoms with Crippen LogP contribution < -0.4 is 5.32 Å². The summed E-state index contributed by atoms with van der Waals surface area (Å²) in [6, 6.07) is 5.18. The fourth-order valence-corrected chi connectivity index (χ4v) is 3.83. The van der Waals surface area contributed by atoms with Gasteiger partial charge < -0.3 is 15.1 Å². The van der Waals surface area contributed by atoms with Crippen LogP contribution in [0, 0.1) is 17.7 Å². The molecule has 3 amide bonds. The van der Waals surface area contributed by atoms with Gasteiger partial charge in [-0.15, -0.1) is 0 Å². The number of hydrogen-bond acceptors (Lipinski definition) is 3. The molecule has 28 heavy (non-hydrogen) atoms. The first-order valence-corrected chi connectivity index (χ1v) is 10.0. The van der Waals surface area contributed by atoms with Crippen LogP contribution in [0.2, 0.25) is 0 Å². The Labute approximate surface area is 165 Å². The Morgan fingerprint density at radius 3 is 2.14 bits per heavy atom. The van der Waals surface area contributed by atoms with Gasteiger partial charge in [-0.3, -0.25) is 14.4 Å². The van der Waals surface area contributed by atoms with E-state index in [4.69, 9.17) is 0 Å². The summed E-state index contributed by atoms with van der Waals surface area (Å²) < 4.78 is 12.9. The van der Waals surface area contributed by atoms with Crippen molar-refractivity contribution in [2.75, 3.05) is 32.7 Å². The molecule has 3 rings (SSSR count). The summed E-state index contributed by atoms with van der Waals surface area (Å²) in [5.74, 6) is -0.0708. The first kappa shape index (κ1) is 20.3. The standard InChI is InChI=1S/C21H28FN3O3/c1-15-6-10-25(11-7-15)21(28)17-8-12-24(13-9-17)19(26)14-23-20(27)16-2-4-18(22)5-3-16/h2-5,15,17H,6-14H2,1H3,(H,23,27). The van der Waals surface area contributed by atoms with Crippen LogP contribution in [-0.2, 0) is 9.59 Å². The van der Waals surface area contributed by atoms with Crippen LogP contribution >= 0.6 is 0 Å². The molecule has 7 heteroatoms. The first-order chi connectivity index (χ1) is 13.4. The summed E-state index contributed by atoms with van der Waals surface area (Å²) in [6.07, 6.45) is 3.47. The fraction of sp³-hybridized carbons (Fsp3) is 0.571. The number of carbonyl (C=O) groups is 3. The van der Waals surface area contributed by atoms with Crippen molar-refractivity contribution in [2.45, 2.75) is 32.6 Å². The van der Waals surface area contributed by atoms with Crippen molar-refractivity contribution in [3.05, 3.63) is 35.6 Å². The van der Waals surface area contributed by atoms with Crippen molar-refractivity contribution < 1.29 is 18.8 Å². The minimum absolute atomic E-state index is 0.00809. The highest BCUT2D eigenvalue weighted by Gasteiger charge is 2.31. The number of benzene rings is 1. The summed E-state index contributed by atoms with van der Waals surface area (Å²) in [5.41, 5.74) is 0.314. The highest BCUT2D eigenvalue weighted by molar-refractivity contribution is 5.96. The molecule has 6 nitrogen and oxygen atoms in total. The minimum Gasteiger partial charge on any atom is -0.343 e. The Balaban J connectivity index is 1.41. The second-order valence-corrected chi connectivity index (χ2v) is 7.85. The third-order valence-corrected chi connectivity index (χ3v) is 5.80. The lowest BCUT2D eigenvalue weighted by atomic mass is 9.92. The normalized spacial score (nSPS) is 18.8. The number of hydrogen-bond donors (Lipinski definition) is 1. The maximum absolute atomic E-state index is 12.9. The molecule has 0 radical (unpaired) electrons. The number of rotatable bonds is 4. The number of nitrogens with zero attached hydrogens (tertiary/aromatic N) is 2. The Morgan fingerprint density at radius 1 is 0.964 bits per heavy atom. The van der Waals surface area contributed by atoms with E-state index in [2.05, 4.69) is 12.2 Å². The van der Waals surface area contributed by atoms with Crippen LogP contribution in [0.25, 0.3) is 0 Å². The van der Waals surface area contributed by atoms with Crippen LogP contribution in [0.3, 0.4) is 0 Å². The molecular weight excluding hydrogens is 361 g/mol. The van der Waals surface area contributed by atoms with Gasteiger partial charge in [0.15, 0.2) is 0 Å². The van der Waals surface area contributed by atoms with Gasteiger partial charge in [0.25, 0.3) is 5.91 Å². The molecule has 2 fully saturated rings. The zero-order valence-electron chi connectivity index (χ0n) is 16.3. The molecule has 0 unspecified atom stereocenters. The minimum atomic E-state index is -0.413. The van der Waals surface area contributed by atoms with Gasteiger partial charge >= 0.3 is 0 Å². The number of likely N-dealkylation sites (tertiary alicyclic amines) is 2. The second-order valence-electron chi connectivity index (χ2n) is 7.85. The molecule has 0 spiro atoms. The molecule has 2 heterocycles. The van der Waals surface area contributed by atoms with E-state index in [0.717, 1.165) is 25.9 Å². The largest absolute Gasteiger partial charge is 0.343 e. The fourth-order valence-electron chi connectivity index (χ4n) is 3.83. The molecule has 0 saturated carbocycles. The molecule has 0 aliphatic carbocycles. The summed E-state index contributed by atoms with van der Waals surface area (Å²) in [4.78, 5) is 40.7. The maximum atomic E-state index is 12.9. The van der Waals surface area contributed by atoms with Gasteiger partial charge in [0.05, 0.1) is 6.54 Å². The van der Waals surface area contributed by atoms with Crippen molar-refractivity contribution in [1.29, 1.82) is 0 Å². The highest BCUT2D eigenvalue weighted by Crippen LogP contribution is 2.23. The van der Waals surface area contributed by atoms with Crippen molar-refractivity contribution >= 4 is 17.7 Å². The Morgan fingerprint density at radius 2 is 1.54 bits per heavy atom. The van der Waals surface area contributed by atoms with E-state index in [-0.39, 0.29) is 24.3 Å². The number of piperidine rings is 2. The SMILES string of the molecule is CC1CCN(C(=O)C2CCN(C(=O)CNC(=O)c3ccc(F)cc3)CC2)CC1. The Bertz CT molecular complexity index is 706. The summed E-state index contributed by atoms with van der Waals surface area (Å²) in [6.45, 7) is 4.88. The maximum Gasteiger partial charge on any atom is 0.251 e. The predicted octanol–water partition coefficient (Wildman–Crippen LogP) is 2.05. The molecule has 2 aliphatic heterocycles. The first-order valence-electron chi connectivity index (χ1n) is 10.0. The summed E-state index contributed by atoms with van der Waals surface area (Å²) >= 11 is 0. The number of nitrogens with one attached hydrogen (secondary N) is 1. The molecular formula is C21H28FN3O3. The summed E-state index contributed by atoms with van der Waals surface area (Å²) in [5, 5.41) is 2.58. The van der Waals surface area contributed by atoms with Crippen molar-refractivity contribution in [3.8, 4) is 0 Å². The van der Waals surface area contributed by atoms with Gasteiger partial charge in [0.1, 0.15) is 5.82 Å². The molecule has 2 aliphatic rings. The zero-order chi connectivity index (χ0) is 20.1. The van der Waals surface area contributed by atoms with Gasteiger partial charge in [0, 0.05) is 37.7 Å². The topological polar surface area (TPSA) is 69.7 Å². The van der Waals surface area contributed by atoms with Crippen LogP contribution in [0.1, 0.15) is 43.0 Å². The molecule has 1 N–H and O–H groups in total. The van der Waals surface area contributed by atoms with E-state index in [1.54, 1.807) is 4.90 Å². The molecule has 0 aromatic heterocycles. The third kappa shape index (κ3) is 5.09. The number of amides is 3. The van der Waals surface area contributed by atoms with Gasteiger partial charge in [0.2, 0.25) is 11.8 Å². The van der Waals surface area contributed by atoms with E-state index in [0.29, 0.717) is 37.4 Å². The summed E-state index contributed by atoms with van der Waals surface area (Å²) in [7, 11) is 0. The second kappa shape index (κ2) is 9.17. The van der Waals surface area contributed by atoms with Gasteiger partial charge in [-0.05, 0) is 55.9 Å². The van der Waals surface area contributed by atoms with Crippen molar-refractivity contribution in [3.63, 3.8) is 0 Å². The molecule has 0 bridgehead atoms. The quantitative estimate of drug-likeness (QED) is 0.857. The average Bonchev–Trinajstić information content (AvgIpc) is 2.72. The van der Waals surface area contributed by atoms with Crippen LogP contribution in [0.15, 0.2) is 24.3 Å². The predicted molar refractivity (Wildman–Crippen MR) is 103 cm³/mol. The molecule has 1 aromatic rings. The van der Waals surface area contributed by atoms with E-state index in [1.807, 2.05) is 4.90 Å². The molecule has 152 valence electrons. The smallest absolute Gasteiger partial charge is 0.251 e. The van der Waals surface area contributed by atoms with Gasteiger partial charge in [-0.1, -0.05) is 6.92 Å². The Kier molecular flexibility index (Phi) is 6.65. The van der Waals surface area contributed by atoms with E-state index in [9.17, 15) is 18.8 Å². The lowest BCUT2D eigenvalue weighted by Crippen LogP contribution is -2.48. The lowest BCUT2D eigenvalue weighted by molar-refractivity contribution is -0.141. The molecule has 1 aromatic carbocycles. The Hall–Kier alpha value is -2.44. The number of carbonyl (C=O) groups excluding carboxylic acids is 3. The number of halogens is 1. The highest BCUT2D eigenvalue weighted by atomic mass is 19.1. The monoisotopic (exact) mass is 389 g/mol. The van der Waals surface area contributed by atoms with Crippen LogP contribution in [0.5, 0.6) is 0 Å². The van der Waals surface area contributed by atoms with Crippen LogP contribution in [-0.4, -0.2) is 60.2 Å².